The van der Waals surface area contributed by atoms with E-state index in [1.54, 1.807) is 12.1 Å². The third kappa shape index (κ3) is 2.42. The van der Waals surface area contributed by atoms with Crippen LogP contribution in [0.5, 0.6) is 5.75 Å². The maximum atomic E-state index is 9.83. The summed E-state index contributed by atoms with van der Waals surface area (Å²) in [6, 6.07) is 7.60. The molecule has 0 radical (unpaired) electrons. The summed E-state index contributed by atoms with van der Waals surface area (Å²) >= 11 is 0. The number of benzene rings is 1. The van der Waals surface area contributed by atoms with Crippen LogP contribution in [0, 0.1) is 11.8 Å². The first kappa shape index (κ1) is 14.7. The van der Waals surface area contributed by atoms with Gasteiger partial charge in [-0.1, -0.05) is 6.08 Å². The third-order valence-electron chi connectivity index (χ3n) is 5.69. The molecule has 4 unspecified atom stereocenters. The van der Waals surface area contributed by atoms with Crippen molar-refractivity contribution >= 4 is 10.9 Å². The van der Waals surface area contributed by atoms with Crippen LogP contribution in [0.3, 0.4) is 0 Å². The number of piperidine rings is 3. The summed E-state index contributed by atoms with van der Waals surface area (Å²) < 4.78 is 0. The number of nitrogens with zero attached hydrogens (tertiary/aromatic N) is 2. The van der Waals surface area contributed by atoms with Crippen molar-refractivity contribution in [1.82, 2.24) is 9.88 Å². The predicted octanol–water partition coefficient (Wildman–Crippen LogP) is 2.84. The summed E-state index contributed by atoms with van der Waals surface area (Å²) in [5, 5.41) is 10.8. The maximum absolute atomic E-state index is 9.83. The van der Waals surface area contributed by atoms with Crippen LogP contribution in [-0.4, -0.2) is 34.1 Å². The zero-order valence-corrected chi connectivity index (χ0v) is 13.2. The molecular weight excluding hydrogens is 286 g/mol. The third-order valence-corrected chi connectivity index (χ3v) is 5.69. The normalized spacial score (nSPS) is 31.2. The molecule has 0 amide bonds. The molecule has 1 aromatic carbocycles. The Kier molecular flexibility index (Phi) is 3.58. The second-order valence-corrected chi connectivity index (χ2v) is 6.87. The van der Waals surface area contributed by atoms with Crippen LogP contribution in [0.1, 0.15) is 24.4 Å². The van der Waals surface area contributed by atoms with Gasteiger partial charge in [-0.15, -0.1) is 6.58 Å². The SMILES string of the molecule is C=CC1CN2CCC1CC2[C@@H](N)c1ccnc2ccc(O)cc12. The van der Waals surface area contributed by atoms with Crippen LogP contribution in [0.4, 0.5) is 0 Å². The lowest BCUT2D eigenvalue weighted by Crippen LogP contribution is -2.56. The summed E-state index contributed by atoms with van der Waals surface area (Å²) in [6.07, 6.45) is 6.30. The van der Waals surface area contributed by atoms with E-state index in [4.69, 9.17) is 5.73 Å². The molecule has 5 rings (SSSR count). The van der Waals surface area contributed by atoms with Crippen molar-refractivity contribution in [3.63, 3.8) is 0 Å². The van der Waals surface area contributed by atoms with Gasteiger partial charge in [0.25, 0.3) is 0 Å². The number of fused-ring (bicyclic) bond motifs is 4. The lowest BCUT2D eigenvalue weighted by atomic mass is 9.73. The topological polar surface area (TPSA) is 62.4 Å². The summed E-state index contributed by atoms with van der Waals surface area (Å²) in [5.74, 6) is 1.57. The Labute approximate surface area is 136 Å². The van der Waals surface area contributed by atoms with E-state index in [-0.39, 0.29) is 11.8 Å². The van der Waals surface area contributed by atoms with Gasteiger partial charge in [0.05, 0.1) is 5.52 Å². The van der Waals surface area contributed by atoms with Crippen molar-refractivity contribution in [3.8, 4) is 5.75 Å². The van der Waals surface area contributed by atoms with E-state index in [1.807, 2.05) is 18.3 Å². The predicted molar refractivity (Wildman–Crippen MR) is 92.1 cm³/mol. The summed E-state index contributed by atoms with van der Waals surface area (Å²) in [7, 11) is 0. The molecule has 1 aromatic heterocycles. The highest BCUT2D eigenvalue weighted by atomic mass is 16.3. The fourth-order valence-electron chi connectivity index (χ4n) is 4.40. The molecule has 0 saturated carbocycles. The number of aromatic nitrogens is 1. The lowest BCUT2D eigenvalue weighted by Gasteiger charge is -2.51. The van der Waals surface area contributed by atoms with E-state index in [9.17, 15) is 5.11 Å². The molecule has 4 heterocycles. The molecule has 0 aliphatic carbocycles. The Morgan fingerprint density at radius 1 is 1.39 bits per heavy atom. The Hall–Kier alpha value is -1.91. The average molecular weight is 309 g/mol. The van der Waals surface area contributed by atoms with Gasteiger partial charge >= 0.3 is 0 Å². The number of phenols is 1. The molecule has 3 fully saturated rings. The van der Waals surface area contributed by atoms with Crippen LogP contribution in [-0.2, 0) is 0 Å². The molecule has 23 heavy (non-hydrogen) atoms. The molecule has 4 nitrogen and oxygen atoms in total. The number of nitrogens with two attached hydrogens (primary N) is 1. The summed E-state index contributed by atoms with van der Waals surface area (Å²) in [6.45, 7) is 6.18. The molecule has 2 aromatic rings. The fourth-order valence-corrected chi connectivity index (χ4v) is 4.40. The first-order valence-electron chi connectivity index (χ1n) is 8.37. The number of hydrogen-bond acceptors (Lipinski definition) is 4. The van der Waals surface area contributed by atoms with Crippen molar-refractivity contribution in [3.05, 3.63) is 48.7 Å². The molecule has 0 spiro atoms. The van der Waals surface area contributed by atoms with E-state index in [1.165, 1.54) is 6.42 Å². The molecule has 5 atom stereocenters. The van der Waals surface area contributed by atoms with Gasteiger partial charge < -0.3 is 10.8 Å². The van der Waals surface area contributed by atoms with Crippen LogP contribution in [0.15, 0.2) is 43.1 Å². The Morgan fingerprint density at radius 3 is 3.00 bits per heavy atom. The molecule has 3 aliphatic heterocycles. The Bertz CT molecular complexity index is 744. The highest BCUT2D eigenvalue weighted by molar-refractivity contribution is 5.83. The summed E-state index contributed by atoms with van der Waals surface area (Å²) in [4.78, 5) is 6.91. The lowest BCUT2D eigenvalue weighted by molar-refractivity contribution is 0.00749. The minimum absolute atomic E-state index is 0.0594. The highest BCUT2D eigenvalue weighted by Gasteiger charge is 2.41. The smallest absolute Gasteiger partial charge is 0.116 e. The van der Waals surface area contributed by atoms with Gasteiger partial charge in [-0.2, -0.15) is 0 Å². The fraction of sp³-hybridized carbons (Fsp3) is 0.421. The number of pyridine rings is 1. The van der Waals surface area contributed by atoms with Crippen LogP contribution >= 0.6 is 0 Å². The second kappa shape index (κ2) is 5.62. The minimum atomic E-state index is -0.0594. The molecule has 3 N–H and O–H groups in total. The summed E-state index contributed by atoms with van der Waals surface area (Å²) in [5.41, 5.74) is 8.65. The quantitative estimate of drug-likeness (QED) is 0.856. The van der Waals surface area contributed by atoms with E-state index < -0.39 is 0 Å². The minimum Gasteiger partial charge on any atom is -0.508 e. The van der Waals surface area contributed by atoms with Crippen molar-refractivity contribution < 1.29 is 5.11 Å². The second-order valence-electron chi connectivity index (χ2n) is 6.87. The monoisotopic (exact) mass is 309 g/mol. The van der Waals surface area contributed by atoms with Gasteiger partial charge in [0, 0.05) is 30.2 Å². The van der Waals surface area contributed by atoms with Crippen molar-refractivity contribution in [2.75, 3.05) is 13.1 Å². The van der Waals surface area contributed by atoms with Crippen LogP contribution < -0.4 is 5.73 Å². The van der Waals surface area contributed by atoms with Crippen molar-refractivity contribution in [1.29, 1.82) is 0 Å². The molecule has 3 aliphatic rings. The van der Waals surface area contributed by atoms with Gasteiger partial charge in [-0.05, 0) is 61.1 Å². The number of aromatic hydroxyl groups is 1. The molecule has 3 saturated heterocycles. The average Bonchev–Trinajstić information content (AvgIpc) is 2.60. The van der Waals surface area contributed by atoms with Gasteiger partial charge in [-0.25, -0.2) is 0 Å². The van der Waals surface area contributed by atoms with Gasteiger partial charge in [-0.3, -0.25) is 9.88 Å². The van der Waals surface area contributed by atoms with Crippen molar-refractivity contribution in [2.24, 2.45) is 17.6 Å². The molecular formula is C19H23N3O. The van der Waals surface area contributed by atoms with E-state index >= 15 is 0 Å². The van der Waals surface area contributed by atoms with Gasteiger partial charge in [0.2, 0.25) is 0 Å². The van der Waals surface area contributed by atoms with Crippen LogP contribution in [0.2, 0.25) is 0 Å². The van der Waals surface area contributed by atoms with E-state index in [0.717, 1.165) is 36.0 Å². The molecule has 120 valence electrons. The van der Waals surface area contributed by atoms with E-state index in [0.29, 0.717) is 17.9 Å². The number of rotatable bonds is 3. The highest BCUT2D eigenvalue weighted by Crippen LogP contribution is 2.41. The van der Waals surface area contributed by atoms with Crippen LogP contribution in [0.25, 0.3) is 10.9 Å². The molecule has 2 bridgehead atoms. The first-order valence-corrected chi connectivity index (χ1v) is 8.37. The first-order chi connectivity index (χ1) is 11.2. The van der Waals surface area contributed by atoms with Gasteiger partial charge in [0.1, 0.15) is 5.75 Å². The standard InChI is InChI=1S/C19H23N3O/c1-2-12-11-22-8-6-13(12)9-18(22)19(20)15-5-7-21-17-4-3-14(23)10-16(15)17/h2-5,7,10,12-13,18-19,23H,1,6,8-9,11,20H2/t12?,13?,18?,19-/m0/s1. The maximum Gasteiger partial charge on any atom is 0.116 e. The zero-order valence-electron chi connectivity index (χ0n) is 13.2. The Morgan fingerprint density at radius 2 is 2.26 bits per heavy atom. The largest absolute Gasteiger partial charge is 0.508 e. The van der Waals surface area contributed by atoms with Gasteiger partial charge in [0.15, 0.2) is 0 Å². The molecule has 4 heteroatoms. The number of hydrogen-bond donors (Lipinski definition) is 2. The Balaban J connectivity index is 1.69. The number of phenolic OH excluding ortho intramolecular Hbond substituents is 1. The van der Waals surface area contributed by atoms with Crippen molar-refractivity contribution in [2.45, 2.75) is 24.9 Å². The van der Waals surface area contributed by atoms with E-state index in [2.05, 4.69) is 22.5 Å². The zero-order chi connectivity index (χ0) is 16.0.